The molecular weight excluding hydrogens is 713 g/mol. The first-order valence-corrected chi connectivity index (χ1v) is 20.2. The minimum atomic E-state index is 1.01. The van der Waals surface area contributed by atoms with Gasteiger partial charge in [0.05, 0.1) is 11.0 Å². The van der Waals surface area contributed by atoms with Gasteiger partial charge in [0.15, 0.2) is 0 Å². The number of benzene rings is 9. The summed E-state index contributed by atoms with van der Waals surface area (Å²) in [6.07, 6.45) is 6.34. The van der Waals surface area contributed by atoms with Crippen molar-refractivity contribution < 1.29 is 0 Å². The molecule has 0 radical (unpaired) electrons. The molecule has 0 fully saturated rings. The van der Waals surface area contributed by atoms with Gasteiger partial charge in [0.2, 0.25) is 0 Å². The van der Waals surface area contributed by atoms with Gasteiger partial charge < -0.3 is 9.47 Å². The van der Waals surface area contributed by atoms with Gasteiger partial charge in [-0.3, -0.25) is 0 Å². The summed E-state index contributed by atoms with van der Waals surface area (Å²) >= 11 is 0. The fraction of sp³-hybridized carbons (Fsp3) is 0.0175. The minimum absolute atomic E-state index is 1.01. The molecule has 0 bridgehead atoms. The first kappa shape index (κ1) is 35.7. The average Bonchev–Trinajstić information content (AvgIpc) is 3.65. The van der Waals surface area contributed by atoms with Gasteiger partial charge in [0, 0.05) is 33.5 Å². The van der Waals surface area contributed by atoms with Crippen LogP contribution in [-0.4, -0.2) is 4.57 Å². The molecule has 10 aromatic rings. The quantitative estimate of drug-likeness (QED) is 0.133. The maximum atomic E-state index is 4.22. The van der Waals surface area contributed by atoms with E-state index in [1.54, 1.807) is 0 Å². The molecule has 1 heterocycles. The minimum Gasteiger partial charge on any atom is -0.310 e. The van der Waals surface area contributed by atoms with Crippen molar-refractivity contribution in [2.45, 2.75) is 6.92 Å². The standard InChI is InChI=1S/C57H42N2/c1-3-17-48(38-40(2)50-28-16-29-54-56(50)57-53-27-13-12-21-43(53)33-37-55(57)59(54)46-23-8-5-9-24-46)58(49-36-30-41-18-10-11-22-45(41)39-49)47-34-31-44(32-35-47)52-26-15-14-25-51(52)42-19-6-4-7-20-42/h3-39H,1H2,2H3/b40-38+,48-17+. The van der Waals surface area contributed by atoms with Crippen LogP contribution >= 0.6 is 0 Å². The predicted molar refractivity (Wildman–Crippen MR) is 254 cm³/mol. The van der Waals surface area contributed by atoms with E-state index in [0.717, 1.165) is 28.3 Å². The number of aromatic nitrogens is 1. The summed E-state index contributed by atoms with van der Waals surface area (Å²) in [6, 6.07) is 74.3. The molecule has 1 aromatic heterocycles. The van der Waals surface area contributed by atoms with Crippen molar-refractivity contribution in [3.63, 3.8) is 0 Å². The molecule has 0 spiro atoms. The number of fused-ring (bicyclic) bond motifs is 6. The van der Waals surface area contributed by atoms with Gasteiger partial charge in [0.1, 0.15) is 0 Å². The van der Waals surface area contributed by atoms with E-state index < -0.39 is 0 Å². The van der Waals surface area contributed by atoms with Gasteiger partial charge in [-0.15, -0.1) is 0 Å². The van der Waals surface area contributed by atoms with E-state index in [4.69, 9.17) is 0 Å². The monoisotopic (exact) mass is 754 g/mol. The SMILES string of the molecule is C=C/C=C(\C=C(/C)c1cccc2c1c1c3ccccc3ccc1n2-c1ccccc1)N(c1ccc(-c2ccccc2-c2ccccc2)cc1)c1ccc2ccccc2c1. The van der Waals surface area contributed by atoms with Gasteiger partial charge in [0.25, 0.3) is 0 Å². The smallest absolute Gasteiger partial charge is 0.0547 e. The molecule has 9 aromatic carbocycles. The Kier molecular flexibility index (Phi) is 9.29. The lowest BCUT2D eigenvalue weighted by atomic mass is 9.94. The van der Waals surface area contributed by atoms with Gasteiger partial charge in [-0.05, 0) is 123 Å². The third-order valence-electron chi connectivity index (χ3n) is 11.5. The van der Waals surface area contributed by atoms with Crippen molar-refractivity contribution in [1.82, 2.24) is 4.57 Å². The van der Waals surface area contributed by atoms with E-state index >= 15 is 0 Å². The summed E-state index contributed by atoms with van der Waals surface area (Å²) in [7, 11) is 0. The molecule has 0 amide bonds. The number of anilines is 2. The third-order valence-corrected chi connectivity index (χ3v) is 11.5. The highest BCUT2D eigenvalue weighted by molar-refractivity contribution is 6.23. The predicted octanol–water partition coefficient (Wildman–Crippen LogP) is 15.7. The van der Waals surface area contributed by atoms with Gasteiger partial charge in [-0.25, -0.2) is 0 Å². The number of allylic oxidation sites excluding steroid dienone is 4. The van der Waals surface area contributed by atoms with Crippen LogP contribution in [0.5, 0.6) is 0 Å². The van der Waals surface area contributed by atoms with Crippen LogP contribution in [0.15, 0.2) is 237 Å². The van der Waals surface area contributed by atoms with Gasteiger partial charge >= 0.3 is 0 Å². The van der Waals surface area contributed by atoms with Crippen LogP contribution in [0.2, 0.25) is 0 Å². The number of nitrogens with zero attached hydrogens (tertiary/aromatic N) is 2. The fourth-order valence-corrected chi connectivity index (χ4v) is 8.78. The highest BCUT2D eigenvalue weighted by atomic mass is 15.1. The van der Waals surface area contributed by atoms with Crippen molar-refractivity contribution in [1.29, 1.82) is 0 Å². The molecule has 59 heavy (non-hydrogen) atoms. The number of hydrogen-bond acceptors (Lipinski definition) is 1. The molecule has 280 valence electrons. The normalized spacial score (nSPS) is 12.1. The van der Waals surface area contributed by atoms with E-state index in [2.05, 4.69) is 241 Å². The van der Waals surface area contributed by atoms with Crippen molar-refractivity contribution in [2.24, 2.45) is 0 Å². The summed E-state index contributed by atoms with van der Waals surface area (Å²) in [5.74, 6) is 0. The lowest BCUT2D eigenvalue weighted by Crippen LogP contribution is -2.15. The maximum absolute atomic E-state index is 4.22. The third kappa shape index (κ3) is 6.51. The lowest BCUT2D eigenvalue weighted by Gasteiger charge is -2.27. The molecule has 0 aliphatic rings. The van der Waals surface area contributed by atoms with Gasteiger partial charge in [-0.1, -0.05) is 170 Å². The average molecular weight is 755 g/mol. The zero-order valence-electron chi connectivity index (χ0n) is 33.0. The van der Waals surface area contributed by atoms with Crippen molar-refractivity contribution in [3.8, 4) is 27.9 Å². The lowest BCUT2D eigenvalue weighted by molar-refractivity contribution is 1.18. The largest absolute Gasteiger partial charge is 0.310 e. The van der Waals surface area contributed by atoms with Crippen LogP contribution in [0.4, 0.5) is 11.4 Å². The van der Waals surface area contributed by atoms with Crippen LogP contribution in [0.3, 0.4) is 0 Å². The Morgan fingerprint density at radius 3 is 1.83 bits per heavy atom. The van der Waals surface area contributed by atoms with E-state index in [0.29, 0.717) is 0 Å². The molecule has 2 heteroatoms. The maximum Gasteiger partial charge on any atom is 0.0547 e. The summed E-state index contributed by atoms with van der Waals surface area (Å²) < 4.78 is 2.41. The fourth-order valence-electron chi connectivity index (χ4n) is 8.78. The number of para-hydroxylation sites is 1. The second-order valence-corrected chi connectivity index (χ2v) is 15.0. The Morgan fingerprint density at radius 1 is 0.492 bits per heavy atom. The molecule has 10 rings (SSSR count). The van der Waals surface area contributed by atoms with Gasteiger partial charge in [-0.2, -0.15) is 0 Å². The van der Waals surface area contributed by atoms with Crippen molar-refractivity contribution in [2.75, 3.05) is 4.90 Å². The van der Waals surface area contributed by atoms with Crippen LogP contribution in [0.25, 0.3) is 76.9 Å². The second kappa shape index (κ2) is 15.3. The molecule has 0 aliphatic carbocycles. The molecule has 0 N–H and O–H groups in total. The topological polar surface area (TPSA) is 8.17 Å². The Balaban J connectivity index is 1.15. The van der Waals surface area contributed by atoms with Crippen LogP contribution < -0.4 is 4.90 Å². The Hall–Kier alpha value is -7.68. The molecule has 0 saturated carbocycles. The number of rotatable bonds is 9. The van der Waals surface area contributed by atoms with E-state index in [-0.39, 0.29) is 0 Å². The van der Waals surface area contributed by atoms with Crippen molar-refractivity contribution >= 4 is 60.3 Å². The molecule has 0 unspecified atom stereocenters. The van der Waals surface area contributed by atoms with Crippen LogP contribution in [0.1, 0.15) is 12.5 Å². The summed E-state index contributed by atoms with van der Waals surface area (Å²) in [5, 5.41) is 7.38. The van der Waals surface area contributed by atoms with Crippen LogP contribution in [0, 0.1) is 0 Å². The zero-order valence-corrected chi connectivity index (χ0v) is 33.0. The Bertz CT molecular complexity index is 3220. The summed E-state index contributed by atoms with van der Waals surface area (Å²) in [5.41, 5.74) is 13.8. The first-order chi connectivity index (χ1) is 29.2. The Morgan fingerprint density at radius 2 is 1.08 bits per heavy atom. The van der Waals surface area contributed by atoms with Crippen molar-refractivity contribution in [3.05, 3.63) is 242 Å². The van der Waals surface area contributed by atoms with E-state index in [1.807, 2.05) is 6.08 Å². The first-order valence-electron chi connectivity index (χ1n) is 20.2. The molecule has 0 atom stereocenters. The highest BCUT2D eigenvalue weighted by Crippen LogP contribution is 2.42. The molecule has 0 saturated heterocycles. The molecular formula is C57H42N2. The summed E-state index contributed by atoms with van der Waals surface area (Å²) in [6.45, 7) is 6.46. The second-order valence-electron chi connectivity index (χ2n) is 15.0. The van der Waals surface area contributed by atoms with E-state index in [1.165, 1.54) is 71.2 Å². The molecule has 2 nitrogen and oxygen atoms in total. The Labute approximate surface area is 345 Å². The van der Waals surface area contributed by atoms with E-state index in [9.17, 15) is 0 Å². The number of hydrogen-bond donors (Lipinski definition) is 0. The van der Waals surface area contributed by atoms with Crippen LogP contribution in [-0.2, 0) is 0 Å². The summed E-state index contributed by atoms with van der Waals surface area (Å²) in [4.78, 5) is 2.35. The molecule has 0 aliphatic heterocycles. The highest BCUT2D eigenvalue weighted by Gasteiger charge is 2.20. The zero-order chi connectivity index (χ0) is 39.7.